The monoisotopic (exact) mass is 207 g/mol. The lowest BCUT2D eigenvalue weighted by molar-refractivity contribution is 0.0996. The minimum atomic E-state index is -0.880. The molecule has 0 spiro atoms. The summed E-state index contributed by atoms with van der Waals surface area (Å²) in [6.45, 7) is 0. The van der Waals surface area contributed by atoms with E-state index in [-0.39, 0.29) is 11.1 Å². The molecule has 0 bridgehead atoms. The normalized spacial score (nSPS) is 9.47. The van der Waals surface area contributed by atoms with Crippen molar-refractivity contribution in [3.05, 3.63) is 29.1 Å². The number of carbonyl (C=O) groups excluding carboxylic acids is 1. The Labute approximate surface area is 86.7 Å². The smallest absolute Gasteiger partial charge is 0.251 e. The third kappa shape index (κ3) is 1.89. The number of hydrogen-bond acceptors (Lipinski definition) is 3. The van der Waals surface area contributed by atoms with Crippen LogP contribution in [-0.4, -0.2) is 20.0 Å². The van der Waals surface area contributed by atoms with Gasteiger partial charge in [-0.15, -0.1) is 0 Å². The topological polar surface area (TPSA) is 70.1 Å². The highest BCUT2D eigenvalue weighted by molar-refractivity contribution is 5.94. The Kier molecular flexibility index (Phi) is 2.90. The molecule has 1 aromatic carbocycles. The molecule has 0 heterocycles. The molecule has 15 heavy (non-hydrogen) atoms. The Morgan fingerprint density at radius 3 is 2.53 bits per heavy atom. The summed E-state index contributed by atoms with van der Waals surface area (Å²) < 4.78 is 13.6. The van der Waals surface area contributed by atoms with Crippen LogP contribution in [0.1, 0.15) is 15.9 Å². The third-order valence-corrected chi connectivity index (χ3v) is 1.98. The molecule has 1 amide bonds. The van der Waals surface area contributed by atoms with Gasteiger partial charge in [0.2, 0.25) is 0 Å². The SMILES string of the molecule is CN(C)c1ccc(C(N)=O)c(F)c1C#N. The van der Waals surface area contributed by atoms with E-state index >= 15 is 0 Å². The van der Waals surface area contributed by atoms with Gasteiger partial charge in [0.15, 0.2) is 5.82 Å². The van der Waals surface area contributed by atoms with Crippen molar-refractivity contribution in [3.63, 3.8) is 0 Å². The summed E-state index contributed by atoms with van der Waals surface area (Å²) in [4.78, 5) is 12.4. The van der Waals surface area contributed by atoms with Gasteiger partial charge in [-0.25, -0.2) is 4.39 Å². The van der Waals surface area contributed by atoms with Crippen LogP contribution in [0.25, 0.3) is 0 Å². The number of halogens is 1. The average Bonchev–Trinajstić information content (AvgIpc) is 2.16. The van der Waals surface area contributed by atoms with Gasteiger partial charge in [0.25, 0.3) is 5.91 Å². The van der Waals surface area contributed by atoms with Gasteiger partial charge in [0, 0.05) is 14.1 Å². The van der Waals surface area contributed by atoms with E-state index in [1.54, 1.807) is 25.1 Å². The van der Waals surface area contributed by atoms with Crippen LogP contribution in [0.4, 0.5) is 10.1 Å². The molecular weight excluding hydrogens is 197 g/mol. The van der Waals surface area contributed by atoms with Crippen LogP contribution in [0.2, 0.25) is 0 Å². The number of nitriles is 1. The zero-order valence-electron chi connectivity index (χ0n) is 8.41. The second kappa shape index (κ2) is 3.96. The summed E-state index contributed by atoms with van der Waals surface area (Å²) in [5.41, 5.74) is 4.94. The van der Waals surface area contributed by atoms with Crippen molar-refractivity contribution in [2.24, 2.45) is 5.73 Å². The maximum Gasteiger partial charge on any atom is 0.251 e. The summed E-state index contributed by atoms with van der Waals surface area (Å²) >= 11 is 0. The number of nitrogens with two attached hydrogens (primary N) is 1. The molecule has 0 saturated carbocycles. The lowest BCUT2D eigenvalue weighted by Crippen LogP contribution is -2.17. The summed E-state index contributed by atoms with van der Waals surface area (Å²) in [5.74, 6) is -1.74. The maximum absolute atomic E-state index is 13.6. The number of rotatable bonds is 2. The van der Waals surface area contributed by atoms with Crippen LogP contribution in [0.3, 0.4) is 0 Å². The Bertz CT molecular complexity index is 449. The van der Waals surface area contributed by atoms with Gasteiger partial charge >= 0.3 is 0 Å². The number of anilines is 1. The van der Waals surface area contributed by atoms with E-state index in [9.17, 15) is 9.18 Å². The quantitative estimate of drug-likeness (QED) is 0.781. The van der Waals surface area contributed by atoms with Gasteiger partial charge in [0.05, 0.1) is 11.3 Å². The van der Waals surface area contributed by atoms with Crippen LogP contribution in [0, 0.1) is 17.1 Å². The van der Waals surface area contributed by atoms with Gasteiger partial charge in [-0.1, -0.05) is 0 Å². The molecule has 0 aliphatic heterocycles. The molecular formula is C10H10FN3O. The van der Waals surface area contributed by atoms with Gasteiger partial charge in [-0.3, -0.25) is 4.79 Å². The minimum absolute atomic E-state index is 0.170. The van der Waals surface area contributed by atoms with Crippen LogP contribution < -0.4 is 10.6 Å². The molecule has 0 fully saturated rings. The number of primary amides is 1. The van der Waals surface area contributed by atoms with Crippen molar-refractivity contribution in [1.29, 1.82) is 5.26 Å². The molecule has 0 aliphatic carbocycles. The number of benzene rings is 1. The maximum atomic E-state index is 13.6. The van der Waals surface area contributed by atoms with Gasteiger partial charge < -0.3 is 10.6 Å². The van der Waals surface area contributed by atoms with Crippen molar-refractivity contribution in [3.8, 4) is 6.07 Å². The standard InChI is InChI=1S/C10H10FN3O/c1-14(2)8-4-3-6(10(13)15)9(11)7(8)5-12/h3-4H,1-2H3,(H2,13,15). The van der Waals surface area contributed by atoms with Crippen LogP contribution in [0.5, 0.6) is 0 Å². The minimum Gasteiger partial charge on any atom is -0.377 e. The second-order valence-corrected chi connectivity index (χ2v) is 3.19. The summed E-state index contributed by atoms with van der Waals surface area (Å²) in [6, 6.07) is 4.48. The fraction of sp³-hybridized carbons (Fsp3) is 0.200. The van der Waals surface area contributed by atoms with Gasteiger partial charge in [0.1, 0.15) is 11.6 Å². The summed E-state index contributed by atoms with van der Waals surface area (Å²) in [6.07, 6.45) is 0. The molecule has 0 atom stereocenters. The van der Waals surface area contributed by atoms with E-state index in [2.05, 4.69) is 0 Å². The van der Waals surface area contributed by atoms with Gasteiger partial charge in [-0.2, -0.15) is 5.26 Å². The first-order valence-corrected chi connectivity index (χ1v) is 4.18. The fourth-order valence-electron chi connectivity index (χ4n) is 1.24. The van der Waals surface area contributed by atoms with E-state index in [4.69, 9.17) is 11.0 Å². The summed E-state index contributed by atoms with van der Waals surface area (Å²) in [7, 11) is 3.36. The lowest BCUT2D eigenvalue weighted by Gasteiger charge is -2.15. The van der Waals surface area contributed by atoms with Crippen LogP contribution in [-0.2, 0) is 0 Å². The first kappa shape index (κ1) is 11.0. The number of amides is 1. The Morgan fingerprint density at radius 1 is 1.53 bits per heavy atom. The van der Waals surface area contributed by atoms with E-state index in [1.165, 1.54) is 12.1 Å². The van der Waals surface area contributed by atoms with E-state index in [1.807, 2.05) is 0 Å². The third-order valence-electron chi connectivity index (χ3n) is 1.98. The van der Waals surface area contributed by atoms with Crippen molar-refractivity contribution < 1.29 is 9.18 Å². The van der Waals surface area contributed by atoms with Crippen LogP contribution >= 0.6 is 0 Å². The molecule has 0 radical (unpaired) electrons. The van der Waals surface area contributed by atoms with E-state index < -0.39 is 11.7 Å². The Morgan fingerprint density at radius 2 is 2.13 bits per heavy atom. The molecule has 0 unspecified atom stereocenters. The van der Waals surface area contributed by atoms with Crippen molar-refractivity contribution in [2.45, 2.75) is 0 Å². The molecule has 1 aromatic rings. The average molecular weight is 207 g/mol. The Balaban J connectivity index is 3.48. The molecule has 0 aromatic heterocycles. The number of carbonyl (C=O) groups is 1. The highest BCUT2D eigenvalue weighted by Gasteiger charge is 2.17. The predicted octanol–water partition coefficient (Wildman–Crippen LogP) is 0.862. The van der Waals surface area contributed by atoms with E-state index in [0.717, 1.165) is 0 Å². The molecule has 0 aliphatic rings. The number of hydrogen-bond donors (Lipinski definition) is 1. The van der Waals surface area contributed by atoms with Crippen LogP contribution in [0.15, 0.2) is 12.1 Å². The molecule has 2 N–H and O–H groups in total. The first-order chi connectivity index (χ1) is 6.99. The molecule has 5 heteroatoms. The lowest BCUT2D eigenvalue weighted by atomic mass is 10.1. The molecule has 78 valence electrons. The highest BCUT2D eigenvalue weighted by Crippen LogP contribution is 2.23. The second-order valence-electron chi connectivity index (χ2n) is 3.19. The fourth-order valence-corrected chi connectivity index (χ4v) is 1.24. The van der Waals surface area contributed by atoms with Gasteiger partial charge in [-0.05, 0) is 12.1 Å². The molecule has 0 saturated heterocycles. The van der Waals surface area contributed by atoms with E-state index in [0.29, 0.717) is 5.69 Å². The highest BCUT2D eigenvalue weighted by atomic mass is 19.1. The number of nitrogens with zero attached hydrogens (tertiary/aromatic N) is 2. The van der Waals surface area contributed by atoms with Crippen molar-refractivity contribution in [2.75, 3.05) is 19.0 Å². The molecule has 1 rings (SSSR count). The largest absolute Gasteiger partial charge is 0.377 e. The van der Waals surface area contributed by atoms with Crippen molar-refractivity contribution >= 4 is 11.6 Å². The molecule has 4 nitrogen and oxygen atoms in total. The zero-order chi connectivity index (χ0) is 11.6. The zero-order valence-corrected chi connectivity index (χ0v) is 8.41. The first-order valence-electron chi connectivity index (χ1n) is 4.18. The predicted molar refractivity (Wildman–Crippen MR) is 54.0 cm³/mol. The van der Waals surface area contributed by atoms with Crippen molar-refractivity contribution in [1.82, 2.24) is 0 Å². The summed E-state index contributed by atoms with van der Waals surface area (Å²) in [5, 5.41) is 8.79. The Hall–Kier alpha value is -2.09.